The van der Waals surface area contributed by atoms with E-state index in [1.807, 2.05) is 0 Å². The number of nitrogens with zero attached hydrogens (tertiary/aromatic N) is 1. The molecule has 0 aliphatic carbocycles. The molecule has 0 amide bonds. The van der Waals surface area contributed by atoms with Gasteiger partial charge in [0.2, 0.25) is 0 Å². The van der Waals surface area contributed by atoms with Gasteiger partial charge in [-0.25, -0.2) is 8.42 Å². The zero-order chi connectivity index (χ0) is 11.7. The molecule has 1 fully saturated rings. The van der Waals surface area contributed by atoms with E-state index in [2.05, 4.69) is 0 Å². The summed E-state index contributed by atoms with van der Waals surface area (Å²) in [5.74, 6) is -0.754. The Morgan fingerprint density at radius 2 is 1.87 bits per heavy atom. The Bertz CT molecular complexity index is 337. The summed E-state index contributed by atoms with van der Waals surface area (Å²) in [6.07, 6.45) is 0.475. The van der Waals surface area contributed by atoms with Gasteiger partial charge in [-0.15, -0.1) is 0 Å². The second-order valence-electron chi connectivity index (χ2n) is 4.07. The summed E-state index contributed by atoms with van der Waals surface area (Å²) in [6.45, 7) is 4.09. The number of sulfone groups is 1. The lowest BCUT2D eigenvalue weighted by Crippen LogP contribution is -2.57. The maximum atomic E-state index is 11.2. The van der Waals surface area contributed by atoms with Crippen molar-refractivity contribution in [2.75, 3.05) is 24.6 Å². The molecule has 1 saturated heterocycles. The Balaban J connectivity index is 2.78. The van der Waals surface area contributed by atoms with Gasteiger partial charge in [-0.05, 0) is 13.3 Å². The highest BCUT2D eigenvalue weighted by Crippen LogP contribution is 2.22. The fourth-order valence-electron chi connectivity index (χ4n) is 1.72. The van der Waals surface area contributed by atoms with Gasteiger partial charge in [-0.1, -0.05) is 6.92 Å². The first kappa shape index (κ1) is 12.4. The summed E-state index contributed by atoms with van der Waals surface area (Å²) in [7, 11) is -2.94. The summed E-state index contributed by atoms with van der Waals surface area (Å²) in [6, 6.07) is 0. The zero-order valence-corrected chi connectivity index (χ0v) is 9.88. The van der Waals surface area contributed by atoms with Crippen molar-refractivity contribution >= 4 is 15.8 Å². The van der Waals surface area contributed by atoms with Gasteiger partial charge in [0.25, 0.3) is 0 Å². The van der Waals surface area contributed by atoms with Crippen molar-refractivity contribution in [1.82, 2.24) is 4.90 Å². The third-order valence-electron chi connectivity index (χ3n) is 3.19. The monoisotopic (exact) mass is 235 g/mol. The lowest BCUT2D eigenvalue weighted by Gasteiger charge is -2.39. The lowest BCUT2D eigenvalue weighted by atomic mass is 9.96. The number of aliphatic carboxylic acids is 1. The minimum Gasteiger partial charge on any atom is -0.480 e. The fraction of sp³-hybridized carbons (Fsp3) is 0.889. The summed E-state index contributed by atoms with van der Waals surface area (Å²) in [5.41, 5.74) is -0.935. The first-order valence-electron chi connectivity index (χ1n) is 5.01. The second kappa shape index (κ2) is 4.09. The summed E-state index contributed by atoms with van der Waals surface area (Å²) >= 11 is 0. The van der Waals surface area contributed by atoms with Gasteiger partial charge in [0.15, 0.2) is 9.84 Å². The Labute approximate surface area is 90.0 Å². The molecular weight excluding hydrogens is 218 g/mol. The highest BCUT2D eigenvalue weighted by molar-refractivity contribution is 7.91. The first-order chi connectivity index (χ1) is 6.82. The highest BCUT2D eigenvalue weighted by atomic mass is 32.2. The van der Waals surface area contributed by atoms with E-state index in [4.69, 9.17) is 5.11 Å². The molecule has 0 radical (unpaired) electrons. The van der Waals surface area contributed by atoms with E-state index in [-0.39, 0.29) is 11.5 Å². The molecule has 0 bridgehead atoms. The number of hydrogen-bond acceptors (Lipinski definition) is 4. The van der Waals surface area contributed by atoms with Crippen LogP contribution in [0.2, 0.25) is 0 Å². The molecular formula is C9H17NO4S. The van der Waals surface area contributed by atoms with Gasteiger partial charge >= 0.3 is 5.97 Å². The van der Waals surface area contributed by atoms with Gasteiger partial charge in [-0.2, -0.15) is 0 Å². The Kier molecular flexibility index (Phi) is 3.40. The fourth-order valence-corrected chi connectivity index (χ4v) is 2.92. The van der Waals surface area contributed by atoms with Gasteiger partial charge in [0, 0.05) is 13.1 Å². The van der Waals surface area contributed by atoms with Crippen molar-refractivity contribution in [3.63, 3.8) is 0 Å². The molecule has 1 heterocycles. The summed E-state index contributed by atoms with van der Waals surface area (Å²) in [5, 5.41) is 9.12. The lowest BCUT2D eigenvalue weighted by molar-refractivity contribution is -0.150. The molecule has 1 rings (SSSR count). The molecule has 88 valence electrons. The molecule has 1 atom stereocenters. The Morgan fingerprint density at radius 3 is 2.20 bits per heavy atom. The third kappa shape index (κ3) is 2.49. The van der Waals surface area contributed by atoms with Crippen LogP contribution >= 0.6 is 0 Å². The molecule has 0 aromatic heterocycles. The van der Waals surface area contributed by atoms with Crippen molar-refractivity contribution < 1.29 is 18.3 Å². The van der Waals surface area contributed by atoms with Crippen LogP contribution in [0.3, 0.4) is 0 Å². The maximum Gasteiger partial charge on any atom is 0.323 e. The second-order valence-corrected chi connectivity index (χ2v) is 6.38. The molecule has 6 heteroatoms. The van der Waals surface area contributed by atoms with Crippen LogP contribution < -0.4 is 0 Å². The number of hydrogen-bond donors (Lipinski definition) is 1. The smallest absolute Gasteiger partial charge is 0.323 e. The van der Waals surface area contributed by atoms with Gasteiger partial charge in [-0.3, -0.25) is 9.69 Å². The van der Waals surface area contributed by atoms with E-state index >= 15 is 0 Å². The van der Waals surface area contributed by atoms with Crippen LogP contribution in [0.1, 0.15) is 20.3 Å². The molecule has 1 N–H and O–H groups in total. The number of carboxylic acid groups (broad SMARTS) is 1. The molecule has 0 aromatic rings. The van der Waals surface area contributed by atoms with Crippen molar-refractivity contribution in [2.45, 2.75) is 25.8 Å². The maximum absolute atomic E-state index is 11.2. The quantitative estimate of drug-likeness (QED) is 0.743. The van der Waals surface area contributed by atoms with E-state index in [0.717, 1.165) is 0 Å². The van der Waals surface area contributed by atoms with Gasteiger partial charge in [0.05, 0.1) is 11.5 Å². The molecule has 5 nitrogen and oxygen atoms in total. The SMILES string of the molecule is CCC(C)(C(=O)O)N1CCS(=O)(=O)CC1. The highest BCUT2D eigenvalue weighted by Gasteiger charge is 2.40. The van der Waals surface area contributed by atoms with Gasteiger partial charge < -0.3 is 5.11 Å². The van der Waals surface area contributed by atoms with E-state index in [9.17, 15) is 13.2 Å². The minimum absolute atomic E-state index is 0.0653. The zero-order valence-electron chi connectivity index (χ0n) is 9.06. The first-order valence-corrected chi connectivity index (χ1v) is 6.83. The van der Waals surface area contributed by atoms with Crippen LogP contribution in [0.15, 0.2) is 0 Å². The Morgan fingerprint density at radius 1 is 1.40 bits per heavy atom. The molecule has 0 saturated carbocycles. The number of carbonyl (C=O) groups is 1. The standard InChI is InChI=1S/C9H17NO4S/c1-3-9(2,8(11)12)10-4-6-15(13,14)7-5-10/h3-7H2,1-2H3,(H,11,12). The Hall–Kier alpha value is -0.620. The molecule has 0 aromatic carbocycles. The van der Waals surface area contributed by atoms with Crippen LogP contribution in [0.25, 0.3) is 0 Å². The van der Waals surface area contributed by atoms with E-state index in [0.29, 0.717) is 19.5 Å². The summed E-state index contributed by atoms with van der Waals surface area (Å²) < 4.78 is 22.4. The van der Waals surface area contributed by atoms with E-state index in [1.54, 1.807) is 18.7 Å². The third-order valence-corrected chi connectivity index (χ3v) is 4.80. The van der Waals surface area contributed by atoms with Crippen LogP contribution in [0, 0.1) is 0 Å². The van der Waals surface area contributed by atoms with Gasteiger partial charge in [0.1, 0.15) is 5.54 Å². The van der Waals surface area contributed by atoms with Crippen molar-refractivity contribution in [1.29, 1.82) is 0 Å². The van der Waals surface area contributed by atoms with Crippen LogP contribution in [0.4, 0.5) is 0 Å². The van der Waals surface area contributed by atoms with Crippen molar-refractivity contribution in [3.8, 4) is 0 Å². The molecule has 15 heavy (non-hydrogen) atoms. The molecule has 1 aliphatic heterocycles. The predicted octanol–water partition coefficient (Wildman–Crippen LogP) is -0.0299. The predicted molar refractivity (Wildman–Crippen MR) is 56.6 cm³/mol. The average molecular weight is 235 g/mol. The number of rotatable bonds is 3. The molecule has 0 spiro atoms. The van der Waals surface area contributed by atoms with E-state index < -0.39 is 21.3 Å². The van der Waals surface area contributed by atoms with E-state index in [1.165, 1.54) is 0 Å². The molecule has 1 unspecified atom stereocenters. The molecule has 1 aliphatic rings. The van der Waals surface area contributed by atoms with Crippen LogP contribution in [0.5, 0.6) is 0 Å². The van der Waals surface area contributed by atoms with Crippen molar-refractivity contribution in [3.05, 3.63) is 0 Å². The summed E-state index contributed by atoms with van der Waals surface area (Å²) in [4.78, 5) is 12.9. The van der Waals surface area contributed by atoms with Crippen LogP contribution in [-0.2, 0) is 14.6 Å². The van der Waals surface area contributed by atoms with Crippen molar-refractivity contribution in [2.24, 2.45) is 0 Å². The van der Waals surface area contributed by atoms with Crippen LogP contribution in [-0.4, -0.2) is 54.5 Å². The number of carboxylic acids is 1. The normalized spacial score (nSPS) is 25.7. The topological polar surface area (TPSA) is 74.7 Å². The minimum atomic E-state index is -2.94. The largest absolute Gasteiger partial charge is 0.480 e. The average Bonchev–Trinajstić information content (AvgIpc) is 2.16.